The predicted octanol–water partition coefficient (Wildman–Crippen LogP) is 6.01. The molecule has 0 amide bonds. The Balaban J connectivity index is 2.66. The highest BCUT2D eigenvalue weighted by atomic mass is 19.4. The fourth-order valence-electron chi connectivity index (χ4n) is 2.34. The molecule has 1 aromatic rings. The van der Waals surface area contributed by atoms with Crippen LogP contribution in [-0.2, 0) is 6.18 Å². The molecule has 0 saturated carbocycles. The highest BCUT2D eigenvalue weighted by Gasteiger charge is 2.31. The second kappa shape index (κ2) is 9.70. The molecule has 0 unspecified atom stereocenters. The smallest absolute Gasteiger partial charge is 0.418 e. The average Bonchev–Trinajstić information content (AvgIpc) is 2.47. The lowest BCUT2D eigenvalue weighted by molar-refractivity contribution is -0.138. The molecule has 22 heavy (non-hydrogen) atoms. The quantitative estimate of drug-likeness (QED) is 0.493. The fourth-order valence-corrected chi connectivity index (χ4v) is 2.34. The lowest BCUT2D eigenvalue weighted by Crippen LogP contribution is -2.17. The molecule has 0 atom stereocenters. The van der Waals surface area contributed by atoms with Gasteiger partial charge in [0.15, 0.2) is 0 Å². The SMILES string of the molecule is CCCCCC(CCCCC)Oc1cncc(C(F)(F)F)c1. The lowest BCUT2D eigenvalue weighted by Gasteiger charge is -2.19. The highest BCUT2D eigenvalue weighted by molar-refractivity contribution is 5.25. The fraction of sp³-hybridized carbons (Fsp3) is 0.706. The van der Waals surface area contributed by atoms with E-state index in [1.807, 2.05) is 0 Å². The zero-order valence-corrected chi connectivity index (χ0v) is 13.5. The summed E-state index contributed by atoms with van der Waals surface area (Å²) in [5.74, 6) is 0.216. The van der Waals surface area contributed by atoms with Gasteiger partial charge in [0.1, 0.15) is 5.75 Å². The number of rotatable bonds is 10. The zero-order valence-electron chi connectivity index (χ0n) is 13.5. The van der Waals surface area contributed by atoms with Gasteiger partial charge in [-0.25, -0.2) is 0 Å². The third kappa shape index (κ3) is 7.14. The summed E-state index contributed by atoms with van der Waals surface area (Å²) in [6, 6.07) is 1.04. The minimum Gasteiger partial charge on any atom is -0.489 e. The Kier molecular flexibility index (Phi) is 8.28. The van der Waals surface area contributed by atoms with Crippen LogP contribution in [0, 0.1) is 0 Å². The van der Waals surface area contributed by atoms with Gasteiger partial charge in [-0.3, -0.25) is 4.98 Å². The van der Waals surface area contributed by atoms with Crippen LogP contribution in [0.25, 0.3) is 0 Å². The van der Waals surface area contributed by atoms with Gasteiger partial charge in [0.2, 0.25) is 0 Å². The summed E-state index contributed by atoms with van der Waals surface area (Å²) in [6.07, 6.45) is 6.11. The summed E-state index contributed by atoms with van der Waals surface area (Å²) in [4.78, 5) is 3.65. The normalized spacial score (nSPS) is 11.9. The van der Waals surface area contributed by atoms with E-state index in [9.17, 15) is 13.2 Å². The molecule has 0 aromatic carbocycles. The Morgan fingerprint density at radius 1 is 1.00 bits per heavy atom. The van der Waals surface area contributed by atoms with E-state index in [2.05, 4.69) is 18.8 Å². The summed E-state index contributed by atoms with van der Waals surface area (Å²) < 4.78 is 43.9. The van der Waals surface area contributed by atoms with Crippen LogP contribution in [0.2, 0.25) is 0 Å². The van der Waals surface area contributed by atoms with E-state index in [0.29, 0.717) is 0 Å². The van der Waals surface area contributed by atoms with Crippen LogP contribution in [0.4, 0.5) is 13.2 Å². The Morgan fingerprint density at radius 3 is 2.09 bits per heavy atom. The molecule has 0 spiro atoms. The molecule has 0 aliphatic heterocycles. The van der Waals surface area contributed by atoms with Crippen LogP contribution in [0.5, 0.6) is 5.75 Å². The Bertz CT molecular complexity index is 411. The molecular formula is C17H26F3NO. The van der Waals surface area contributed by atoms with Crippen LogP contribution >= 0.6 is 0 Å². The minimum atomic E-state index is -4.38. The summed E-state index contributed by atoms with van der Waals surface area (Å²) in [6.45, 7) is 4.26. The number of unbranched alkanes of at least 4 members (excludes halogenated alkanes) is 4. The van der Waals surface area contributed by atoms with E-state index >= 15 is 0 Å². The topological polar surface area (TPSA) is 22.1 Å². The van der Waals surface area contributed by atoms with E-state index in [-0.39, 0.29) is 11.9 Å². The van der Waals surface area contributed by atoms with Crippen LogP contribution in [0.1, 0.15) is 70.8 Å². The molecule has 0 radical (unpaired) electrons. The van der Waals surface area contributed by atoms with Crippen molar-refractivity contribution in [3.63, 3.8) is 0 Å². The molecule has 0 fully saturated rings. The predicted molar refractivity (Wildman–Crippen MR) is 81.9 cm³/mol. The van der Waals surface area contributed by atoms with Crippen molar-refractivity contribution < 1.29 is 17.9 Å². The highest BCUT2D eigenvalue weighted by Crippen LogP contribution is 2.31. The number of nitrogens with zero attached hydrogens (tertiary/aromatic N) is 1. The second-order valence-corrected chi connectivity index (χ2v) is 5.64. The summed E-state index contributed by atoms with van der Waals surface area (Å²) in [7, 11) is 0. The molecule has 1 heterocycles. The van der Waals surface area contributed by atoms with Gasteiger partial charge in [-0.05, 0) is 31.7 Å². The number of alkyl halides is 3. The molecule has 2 nitrogen and oxygen atoms in total. The van der Waals surface area contributed by atoms with Crippen molar-refractivity contribution in [3.8, 4) is 5.75 Å². The van der Waals surface area contributed by atoms with Gasteiger partial charge in [-0.2, -0.15) is 13.2 Å². The Labute approximate surface area is 131 Å². The third-order valence-electron chi connectivity index (χ3n) is 3.60. The summed E-state index contributed by atoms with van der Waals surface area (Å²) >= 11 is 0. The lowest BCUT2D eigenvalue weighted by atomic mass is 10.0. The van der Waals surface area contributed by atoms with Gasteiger partial charge in [0.05, 0.1) is 17.9 Å². The van der Waals surface area contributed by atoms with E-state index in [1.165, 1.54) is 6.20 Å². The number of hydrogen-bond acceptors (Lipinski definition) is 2. The molecule has 1 rings (SSSR count). The first-order valence-corrected chi connectivity index (χ1v) is 8.16. The molecule has 5 heteroatoms. The number of halogens is 3. The molecule has 0 bridgehead atoms. The van der Waals surface area contributed by atoms with Crippen LogP contribution in [0.15, 0.2) is 18.5 Å². The third-order valence-corrected chi connectivity index (χ3v) is 3.60. The second-order valence-electron chi connectivity index (χ2n) is 5.64. The van der Waals surface area contributed by atoms with Gasteiger partial charge in [0.25, 0.3) is 0 Å². The first kappa shape index (κ1) is 18.8. The van der Waals surface area contributed by atoms with Crippen LogP contribution in [0.3, 0.4) is 0 Å². The van der Waals surface area contributed by atoms with Gasteiger partial charge in [0, 0.05) is 6.20 Å². The van der Waals surface area contributed by atoms with Crippen molar-refractivity contribution in [2.75, 3.05) is 0 Å². The van der Waals surface area contributed by atoms with Gasteiger partial charge < -0.3 is 4.74 Å². The molecule has 0 aliphatic carbocycles. The minimum absolute atomic E-state index is 0.0246. The number of pyridine rings is 1. The maximum Gasteiger partial charge on any atom is 0.418 e. The van der Waals surface area contributed by atoms with Crippen molar-refractivity contribution in [3.05, 3.63) is 24.0 Å². The van der Waals surface area contributed by atoms with Gasteiger partial charge >= 0.3 is 6.18 Å². The molecule has 126 valence electrons. The van der Waals surface area contributed by atoms with Gasteiger partial charge in [-0.15, -0.1) is 0 Å². The first-order valence-electron chi connectivity index (χ1n) is 8.16. The van der Waals surface area contributed by atoms with E-state index in [1.54, 1.807) is 0 Å². The van der Waals surface area contributed by atoms with Crippen molar-refractivity contribution in [2.24, 2.45) is 0 Å². The largest absolute Gasteiger partial charge is 0.489 e. The number of hydrogen-bond donors (Lipinski definition) is 0. The average molecular weight is 317 g/mol. The van der Waals surface area contributed by atoms with E-state index in [0.717, 1.165) is 63.6 Å². The first-order chi connectivity index (χ1) is 10.5. The summed E-state index contributed by atoms with van der Waals surface area (Å²) in [5, 5.41) is 0. The molecule has 0 saturated heterocycles. The molecular weight excluding hydrogens is 291 g/mol. The van der Waals surface area contributed by atoms with Gasteiger partial charge in [-0.1, -0.05) is 39.5 Å². The number of aromatic nitrogens is 1. The Hall–Kier alpha value is -1.26. The summed E-state index contributed by atoms with van der Waals surface area (Å²) in [5.41, 5.74) is -0.758. The van der Waals surface area contributed by atoms with Crippen molar-refractivity contribution >= 4 is 0 Å². The van der Waals surface area contributed by atoms with Crippen LogP contribution in [-0.4, -0.2) is 11.1 Å². The number of ether oxygens (including phenoxy) is 1. The van der Waals surface area contributed by atoms with Crippen molar-refractivity contribution in [1.82, 2.24) is 4.98 Å². The molecule has 1 aromatic heterocycles. The van der Waals surface area contributed by atoms with E-state index in [4.69, 9.17) is 4.74 Å². The monoisotopic (exact) mass is 317 g/mol. The molecule has 0 N–H and O–H groups in total. The van der Waals surface area contributed by atoms with Crippen molar-refractivity contribution in [1.29, 1.82) is 0 Å². The standard InChI is InChI=1S/C17H26F3NO/c1-3-5-7-9-15(10-8-6-4-2)22-16-11-14(12-21-13-16)17(18,19)20/h11-13,15H,3-10H2,1-2H3. The van der Waals surface area contributed by atoms with Crippen LogP contribution < -0.4 is 4.74 Å². The maximum absolute atomic E-state index is 12.7. The Morgan fingerprint density at radius 2 is 1.59 bits per heavy atom. The zero-order chi connectivity index (χ0) is 16.4. The molecule has 0 aliphatic rings. The maximum atomic E-state index is 12.7. The van der Waals surface area contributed by atoms with Crippen molar-refractivity contribution in [2.45, 2.75) is 77.5 Å². The van der Waals surface area contributed by atoms with E-state index < -0.39 is 11.7 Å².